The number of nitrogens with zero attached hydrogens (tertiary/aromatic N) is 1. The molecule has 1 aromatic heterocycles. The maximum atomic E-state index is 8.58. The van der Waals surface area contributed by atoms with Gasteiger partial charge in [-0.3, -0.25) is 0 Å². The molecule has 0 radical (unpaired) electrons. The lowest BCUT2D eigenvalue weighted by molar-refractivity contribution is 0.313. The predicted octanol–water partition coefficient (Wildman–Crippen LogP) is 1.85. The summed E-state index contributed by atoms with van der Waals surface area (Å²) < 4.78 is 5.33. The first-order valence-corrected chi connectivity index (χ1v) is 5.88. The molecule has 0 saturated heterocycles. The summed E-state index contributed by atoms with van der Waals surface area (Å²) in [6, 6.07) is 4.03. The molecule has 1 aliphatic carbocycles. The molecule has 1 aliphatic rings. The molecule has 4 N–H and O–H groups in total. The van der Waals surface area contributed by atoms with Crippen molar-refractivity contribution in [1.82, 2.24) is 5.32 Å². The second kappa shape index (κ2) is 4.79. The van der Waals surface area contributed by atoms with Gasteiger partial charge in [-0.1, -0.05) is 5.16 Å². The molecule has 5 nitrogen and oxygen atoms in total. The molecule has 5 heteroatoms. The van der Waals surface area contributed by atoms with Gasteiger partial charge in [0.2, 0.25) is 0 Å². The zero-order chi connectivity index (χ0) is 12.3. The molecule has 1 atom stereocenters. The Balaban J connectivity index is 1.82. The van der Waals surface area contributed by atoms with Crippen LogP contribution in [0.15, 0.2) is 28.0 Å². The number of hydrogen-bond donors (Lipinski definition) is 3. The molecule has 1 saturated carbocycles. The minimum absolute atomic E-state index is 0.178. The highest BCUT2D eigenvalue weighted by atomic mass is 16.4. The van der Waals surface area contributed by atoms with E-state index in [9.17, 15) is 0 Å². The van der Waals surface area contributed by atoms with Gasteiger partial charge in [0, 0.05) is 13.0 Å². The van der Waals surface area contributed by atoms with Crippen molar-refractivity contribution in [3.63, 3.8) is 0 Å². The first kappa shape index (κ1) is 12.0. The fourth-order valence-electron chi connectivity index (χ4n) is 2.02. The third kappa shape index (κ3) is 3.00. The second-order valence-electron chi connectivity index (χ2n) is 4.89. The molecular weight excluding hydrogens is 218 g/mol. The van der Waals surface area contributed by atoms with Crippen LogP contribution in [0.3, 0.4) is 0 Å². The summed E-state index contributed by atoms with van der Waals surface area (Å²) in [6.07, 6.45) is 4.58. The Morgan fingerprint density at radius 3 is 3.00 bits per heavy atom. The van der Waals surface area contributed by atoms with Crippen LogP contribution in [0.2, 0.25) is 0 Å². The van der Waals surface area contributed by atoms with E-state index in [-0.39, 0.29) is 11.5 Å². The number of rotatable bonds is 6. The van der Waals surface area contributed by atoms with E-state index in [1.807, 2.05) is 12.1 Å². The smallest absolute Gasteiger partial charge is 0.139 e. The summed E-state index contributed by atoms with van der Waals surface area (Å²) in [6.45, 7) is 2.93. The van der Waals surface area contributed by atoms with E-state index in [0.29, 0.717) is 12.3 Å². The lowest BCUT2D eigenvalue weighted by Gasteiger charge is -2.18. The molecule has 1 aromatic rings. The lowest BCUT2D eigenvalue weighted by Crippen LogP contribution is -2.30. The van der Waals surface area contributed by atoms with Gasteiger partial charge in [-0.2, -0.15) is 0 Å². The molecule has 2 rings (SSSR count). The minimum Gasteiger partial charge on any atom is -0.468 e. The van der Waals surface area contributed by atoms with Gasteiger partial charge in [0.15, 0.2) is 0 Å². The average molecular weight is 237 g/mol. The highest BCUT2D eigenvalue weighted by molar-refractivity contribution is 5.80. The SMILES string of the molecule is CC(NCC1(CC(N)=NO)CC1)c1ccco1. The molecule has 0 amide bonds. The van der Waals surface area contributed by atoms with Crippen molar-refractivity contribution in [2.24, 2.45) is 16.3 Å². The van der Waals surface area contributed by atoms with Crippen LogP contribution in [0.25, 0.3) is 0 Å². The zero-order valence-corrected chi connectivity index (χ0v) is 10.0. The molecular formula is C12H19N3O2. The van der Waals surface area contributed by atoms with Crippen LogP contribution in [0.5, 0.6) is 0 Å². The third-order valence-electron chi connectivity index (χ3n) is 3.39. The van der Waals surface area contributed by atoms with Gasteiger partial charge in [0.1, 0.15) is 11.6 Å². The average Bonchev–Trinajstić information content (AvgIpc) is 2.88. The van der Waals surface area contributed by atoms with E-state index in [4.69, 9.17) is 15.4 Å². The molecule has 0 aliphatic heterocycles. The summed E-state index contributed by atoms with van der Waals surface area (Å²) in [5, 5.41) is 15.1. The van der Waals surface area contributed by atoms with E-state index in [1.165, 1.54) is 0 Å². The standard InChI is InChI=1S/C12H19N3O2/c1-9(10-3-2-6-17-10)14-8-12(4-5-12)7-11(13)15-16/h2-3,6,9,14,16H,4-5,7-8H2,1H3,(H2,13,15). The normalized spacial score (nSPS) is 20.2. The summed E-state index contributed by atoms with van der Waals surface area (Å²) in [5.41, 5.74) is 5.73. The Kier molecular flexibility index (Phi) is 3.38. The van der Waals surface area contributed by atoms with E-state index >= 15 is 0 Å². The Morgan fingerprint density at radius 2 is 2.47 bits per heavy atom. The predicted molar refractivity (Wildman–Crippen MR) is 64.8 cm³/mol. The molecule has 94 valence electrons. The molecule has 0 aromatic carbocycles. The van der Waals surface area contributed by atoms with E-state index in [0.717, 1.165) is 25.1 Å². The van der Waals surface area contributed by atoms with E-state index in [1.54, 1.807) is 6.26 Å². The minimum atomic E-state index is 0.178. The first-order valence-electron chi connectivity index (χ1n) is 5.88. The zero-order valence-electron chi connectivity index (χ0n) is 10.0. The first-order chi connectivity index (χ1) is 8.15. The van der Waals surface area contributed by atoms with Gasteiger partial charge in [-0.25, -0.2) is 0 Å². The Labute approximate surface area is 101 Å². The molecule has 1 fully saturated rings. The van der Waals surface area contributed by atoms with Gasteiger partial charge in [-0.05, 0) is 37.3 Å². The molecule has 0 spiro atoms. The van der Waals surface area contributed by atoms with Gasteiger partial charge in [0.05, 0.1) is 12.3 Å². The number of nitrogens with one attached hydrogen (secondary N) is 1. The fourth-order valence-corrected chi connectivity index (χ4v) is 2.02. The second-order valence-corrected chi connectivity index (χ2v) is 4.89. The maximum absolute atomic E-state index is 8.58. The quantitative estimate of drug-likeness (QED) is 0.305. The fraction of sp³-hybridized carbons (Fsp3) is 0.583. The Hall–Kier alpha value is -1.49. The van der Waals surface area contributed by atoms with Crippen LogP contribution in [0, 0.1) is 5.41 Å². The molecule has 1 heterocycles. The van der Waals surface area contributed by atoms with E-state index < -0.39 is 0 Å². The van der Waals surface area contributed by atoms with Crippen molar-refractivity contribution >= 4 is 5.84 Å². The number of oxime groups is 1. The van der Waals surface area contributed by atoms with Crippen molar-refractivity contribution < 1.29 is 9.62 Å². The van der Waals surface area contributed by atoms with Crippen molar-refractivity contribution in [3.05, 3.63) is 24.2 Å². The van der Waals surface area contributed by atoms with Gasteiger partial charge in [-0.15, -0.1) is 0 Å². The summed E-state index contributed by atoms with van der Waals surface area (Å²) >= 11 is 0. The lowest BCUT2D eigenvalue weighted by atomic mass is 10.0. The summed E-state index contributed by atoms with van der Waals surface area (Å²) in [7, 11) is 0. The van der Waals surface area contributed by atoms with E-state index in [2.05, 4.69) is 17.4 Å². The topological polar surface area (TPSA) is 83.8 Å². The number of furan rings is 1. The monoisotopic (exact) mass is 237 g/mol. The van der Waals surface area contributed by atoms with Crippen LogP contribution in [0.4, 0.5) is 0 Å². The van der Waals surface area contributed by atoms with Crippen molar-refractivity contribution in [2.75, 3.05) is 6.54 Å². The van der Waals surface area contributed by atoms with Crippen LogP contribution >= 0.6 is 0 Å². The number of amidine groups is 1. The Morgan fingerprint density at radius 1 is 1.71 bits per heavy atom. The van der Waals surface area contributed by atoms with Crippen molar-refractivity contribution in [2.45, 2.75) is 32.2 Å². The van der Waals surface area contributed by atoms with Crippen molar-refractivity contribution in [3.8, 4) is 0 Å². The largest absolute Gasteiger partial charge is 0.468 e. The van der Waals surface area contributed by atoms with Gasteiger partial charge >= 0.3 is 0 Å². The maximum Gasteiger partial charge on any atom is 0.139 e. The molecule has 1 unspecified atom stereocenters. The summed E-state index contributed by atoms with van der Waals surface area (Å²) in [5.74, 6) is 1.25. The number of nitrogens with two attached hydrogens (primary N) is 1. The summed E-state index contributed by atoms with van der Waals surface area (Å²) in [4.78, 5) is 0. The van der Waals surface area contributed by atoms with Crippen molar-refractivity contribution in [1.29, 1.82) is 0 Å². The number of hydrogen-bond acceptors (Lipinski definition) is 4. The highest BCUT2D eigenvalue weighted by Gasteiger charge is 2.43. The Bertz CT molecular complexity index is 382. The molecule has 0 bridgehead atoms. The van der Waals surface area contributed by atoms with Crippen LogP contribution in [-0.4, -0.2) is 17.6 Å². The van der Waals surface area contributed by atoms with Gasteiger partial charge in [0.25, 0.3) is 0 Å². The van der Waals surface area contributed by atoms with Crippen LogP contribution in [0.1, 0.15) is 38.0 Å². The third-order valence-corrected chi connectivity index (χ3v) is 3.39. The van der Waals surface area contributed by atoms with Gasteiger partial charge < -0.3 is 20.7 Å². The highest BCUT2D eigenvalue weighted by Crippen LogP contribution is 2.48. The van der Waals surface area contributed by atoms with Crippen LogP contribution < -0.4 is 11.1 Å². The van der Waals surface area contributed by atoms with Crippen LogP contribution in [-0.2, 0) is 0 Å². The molecule has 17 heavy (non-hydrogen) atoms.